The van der Waals surface area contributed by atoms with E-state index in [2.05, 4.69) is 4.90 Å². The van der Waals surface area contributed by atoms with Crippen molar-refractivity contribution in [1.82, 2.24) is 9.80 Å². The Morgan fingerprint density at radius 1 is 1.26 bits per heavy atom. The molecule has 2 N–H and O–H groups in total. The van der Waals surface area contributed by atoms with E-state index in [1.54, 1.807) is 24.1 Å². The highest BCUT2D eigenvalue weighted by atomic mass is 16.5. The molecule has 0 saturated carbocycles. The lowest BCUT2D eigenvalue weighted by Gasteiger charge is -2.45. The molecule has 8 heteroatoms. The molecule has 2 aliphatic rings. The smallest absolute Gasteiger partial charge is 0.339 e. The van der Waals surface area contributed by atoms with Gasteiger partial charge in [-0.05, 0) is 30.5 Å². The standard InChI is InChI=1S/C19H24N2O6/c1-20-16(22)10-14(18(25)26)19(20)5-7-21(8-6-19)11-12-3-4-15(27-2)13(9-12)17(23)24/h3-4,9,14H,5-8,10-11H2,1-2H3,(H,23,24)(H,25,26)/t14-/m1/s1. The molecule has 2 fully saturated rings. The Morgan fingerprint density at radius 2 is 1.93 bits per heavy atom. The van der Waals surface area contributed by atoms with Gasteiger partial charge in [0.25, 0.3) is 0 Å². The Hall–Kier alpha value is -2.61. The van der Waals surface area contributed by atoms with Crippen LogP contribution in [0, 0.1) is 5.92 Å². The molecule has 2 aliphatic heterocycles. The summed E-state index contributed by atoms with van der Waals surface area (Å²) >= 11 is 0. The number of carboxylic acids is 2. The molecule has 3 rings (SSSR count). The van der Waals surface area contributed by atoms with Crippen molar-refractivity contribution < 1.29 is 29.3 Å². The van der Waals surface area contributed by atoms with Gasteiger partial charge in [-0.25, -0.2) is 4.79 Å². The normalized spacial score (nSPS) is 22.2. The van der Waals surface area contributed by atoms with Gasteiger partial charge in [0.2, 0.25) is 5.91 Å². The number of rotatable bonds is 5. The minimum Gasteiger partial charge on any atom is -0.496 e. The van der Waals surface area contributed by atoms with Crippen LogP contribution in [0.25, 0.3) is 0 Å². The summed E-state index contributed by atoms with van der Waals surface area (Å²) in [5.74, 6) is -2.42. The Bertz CT molecular complexity index is 769. The van der Waals surface area contributed by atoms with Crippen LogP contribution in [-0.2, 0) is 16.1 Å². The number of likely N-dealkylation sites (tertiary alicyclic amines) is 2. The number of amides is 1. The van der Waals surface area contributed by atoms with Crippen LogP contribution in [0.1, 0.15) is 35.2 Å². The lowest BCUT2D eigenvalue weighted by Crippen LogP contribution is -2.55. The van der Waals surface area contributed by atoms with Crippen molar-refractivity contribution in [3.8, 4) is 5.75 Å². The second-order valence-electron chi connectivity index (χ2n) is 7.27. The number of benzene rings is 1. The number of aromatic carboxylic acids is 1. The fraction of sp³-hybridized carbons (Fsp3) is 0.526. The van der Waals surface area contributed by atoms with Crippen molar-refractivity contribution in [1.29, 1.82) is 0 Å². The van der Waals surface area contributed by atoms with Crippen LogP contribution in [0.15, 0.2) is 18.2 Å². The summed E-state index contributed by atoms with van der Waals surface area (Å²) in [5, 5.41) is 18.9. The molecule has 8 nitrogen and oxygen atoms in total. The van der Waals surface area contributed by atoms with E-state index in [1.165, 1.54) is 7.11 Å². The van der Waals surface area contributed by atoms with Gasteiger partial charge in [-0.3, -0.25) is 14.5 Å². The third-order valence-corrected chi connectivity index (χ3v) is 5.99. The number of hydrogen-bond acceptors (Lipinski definition) is 5. The molecule has 2 heterocycles. The molecule has 0 radical (unpaired) electrons. The molecule has 0 aromatic heterocycles. The maximum atomic E-state index is 12.1. The number of hydrogen-bond donors (Lipinski definition) is 2. The van der Waals surface area contributed by atoms with Crippen LogP contribution in [0.3, 0.4) is 0 Å². The topological polar surface area (TPSA) is 107 Å². The largest absolute Gasteiger partial charge is 0.496 e. The highest BCUT2D eigenvalue weighted by Gasteiger charge is 2.55. The minimum atomic E-state index is -1.04. The number of nitrogens with zero attached hydrogens (tertiary/aromatic N) is 2. The zero-order valence-corrected chi connectivity index (χ0v) is 15.5. The van der Waals surface area contributed by atoms with Crippen molar-refractivity contribution in [2.75, 3.05) is 27.2 Å². The SMILES string of the molecule is COc1ccc(CN2CCC3(CC2)[C@@H](C(=O)O)CC(=O)N3C)cc1C(=O)O. The number of carbonyl (C=O) groups excluding carboxylic acids is 1. The molecule has 1 atom stereocenters. The van der Waals surface area contributed by atoms with Crippen LogP contribution >= 0.6 is 0 Å². The van der Waals surface area contributed by atoms with E-state index in [-0.39, 0.29) is 17.9 Å². The third-order valence-electron chi connectivity index (χ3n) is 5.99. The summed E-state index contributed by atoms with van der Waals surface area (Å²) in [4.78, 5) is 38.9. The molecule has 1 aromatic carbocycles. The third kappa shape index (κ3) is 3.37. The fourth-order valence-corrected chi connectivity index (χ4v) is 4.36. The lowest BCUT2D eigenvalue weighted by atomic mass is 9.77. The van der Waals surface area contributed by atoms with Gasteiger partial charge >= 0.3 is 11.9 Å². The van der Waals surface area contributed by atoms with Crippen LogP contribution < -0.4 is 4.74 Å². The zero-order chi connectivity index (χ0) is 19.8. The molecule has 1 spiro atoms. The van der Waals surface area contributed by atoms with Crippen LogP contribution in [0.4, 0.5) is 0 Å². The van der Waals surface area contributed by atoms with Gasteiger partial charge in [0.05, 0.1) is 18.6 Å². The number of aliphatic carboxylic acids is 1. The highest BCUT2D eigenvalue weighted by Crippen LogP contribution is 2.43. The predicted molar refractivity (Wildman–Crippen MR) is 95.7 cm³/mol. The summed E-state index contributed by atoms with van der Waals surface area (Å²) in [6, 6.07) is 5.09. The Morgan fingerprint density at radius 3 is 2.48 bits per heavy atom. The number of ether oxygens (including phenoxy) is 1. The molecule has 27 heavy (non-hydrogen) atoms. The molecule has 0 aliphatic carbocycles. The Balaban J connectivity index is 1.71. The van der Waals surface area contributed by atoms with E-state index in [0.717, 1.165) is 5.56 Å². The number of methoxy groups -OCH3 is 1. The Labute approximate surface area is 157 Å². The number of carboxylic acid groups (broad SMARTS) is 2. The molecular formula is C19H24N2O6. The predicted octanol–water partition coefficient (Wildman–Crippen LogP) is 1.29. The highest BCUT2D eigenvalue weighted by molar-refractivity contribution is 5.91. The van der Waals surface area contributed by atoms with Crippen LogP contribution in [0.2, 0.25) is 0 Å². The fourth-order valence-electron chi connectivity index (χ4n) is 4.36. The van der Waals surface area contributed by atoms with Gasteiger partial charge in [-0.1, -0.05) is 6.07 Å². The summed E-state index contributed by atoms with van der Waals surface area (Å²) in [5.41, 5.74) is 0.358. The minimum absolute atomic E-state index is 0.0618. The van der Waals surface area contributed by atoms with E-state index in [1.807, 2.05) is 6.07 Å². The summed E-state index contributed by atoms with van der Waals surface area (Å²) in [6.45, 7) is 1.86. The molecule has 0 bridgehead atoms. The first-order chi connectivity index (χ1) is 12.8. The average Bonchev–Trinajstić information content (AvgIpc) is 2.89. The maximum absolute atomic E-state index is 12.1. The second kappa shape index (κ2) is 7.19. The van der Waals surface area contributed by atoms with Crippen LogP contribution in [0.5, 0.6) is 5.75 Å². The van der Waals surface area contributed by atoms with Crippen molar-refractivity contribution in [2.24, 2.45) is 5.92 Å². The van der Waals surface area contributed by atoms with Crippen molar-refractivity contribution in [3.63, 3.8) is 0 Å². The Kier molecular flexibility index (Phi) is 5.10. The van der Waals surface area contributed by atoms with Gasteiger partial charge in [0, 0.05) is 33.1 Å². The maximum Gasteiger partial charge on any atom is 0.339 e. The first kappa shape index (κ1) is 19.2. The van der Waals surface area contributed by atoms with Gasteiger partial charge < -0.3 is 19.8 Å². The second-order valence-corrected chi connectivity index (χ2v) is 7.27. The van der Waals surface area contributed by atoms with E-state index < -0.39 is 23.4 Å². The quantitative estimate of drug-likeness (QED) is 0.797. The van der Waals surface area contributed by atoms with Crippen molar-refractivity contribution in [3.05, 3.63) is 29.3 Å². The first-order valence-electron chi connectivity index (χ1n) is 8.90. The average molecular weight is 376 g/mol. The summed E-state index contributed by atoms with van der Waals surface area (Å²) in [6.07, 6.45) is 1.24. The molecular weight excluding hydrogens is 352 g/mol. The molecule has 0 unspecified atom stereocenters. The summed E-state index contributed by atoms with van der Waals surface area (Å²) < 4.78 is 5.08. The van der Waals surface area contributed by atoms with E-state index >= 15 is 0 Å². The first-order valence-corrected chi connectivity index (χ1v) is 8.90. The molecule has 2 saturated heterocycles. The van der Waals surface area contributed by atoms with E-state index in [0.29, 0.717) is 38.2 Å². The zero-order valence-electron chi connectivity index (χ0n) is 15.5. The van der Waals surface area contributed by atoms with E-state index in [4.69, 9.17) is 4.74 Å². The van der Waals surface area contributed by atoms with Gasteiger partial charge in [0.15, 0.2) is 0 Å². The van der Waals surface area contributed by atoms with Gasteiger partial charge in [-0.2, -0.15) is 0 Å². The number of piperidine rings is 1. The van der Waals surface area contributed by atoms with Crippen LogP contribution in [-0.4, -0.2) is 70.6 Å². The van der Waals surface area contributed by atoms with Gasteiger partial charge in [0.1, 0.15) is 11.3 Å². The molecule has 146 valence electrons. The van der Waals surface area contributed by atoms with E-state index in [9.17, 15) is 24.6 Å². The monoisotopic (exact) mass is 376 g/mol. The lowest BCUT2D eigenvalue weighted by molar-refractivity contribution is -0.146. The number of carbonyl (C=O) groups is 3. The van der Waals surface area contributed by atoms with Gasteiger partial charge in [-0.15, -0.1) is 0 Å². The molecule has 1 amide bonds. The summed E-state index contributed by atoms with van der Waals surface area (Å²) in [7, 11) is 3.13. The van der Waals surface area contributed by atoms with Crippen molar-refractivity contribution >= 4 is 17.8 Å². The molecule has 1 aromatic rings. The van der Waals surface area contributed by atoms with Crippen molar-refractivity contribution in [2.45, 2.75) is 31.3 Å².